The van der Waals surface area contributed by atoms with Crippen LogP contribution >= 0.6 is 11.6 Å². The molecule has 1 N–H and O–H groups in total. The highest BCUT2D eigenvalue weighted by Crippen LogP contribution is 2.44. The van der Waals surface area contributed by atoms with Gasteiger partial charge in [-0.2, -0.15) is 0 Å². The molecule has 2 unspecified atom stereocenters. The maximum absolute atomic E-state index is 14.0. The van der Waals surface area contributed by atoms with E-state index in [0.717, 1.165) is 6.07 Å². The fourth-order valence-electron chi connectivity index (χ4n) is 5.16. The smallest absolute Gasteiger partial charge is 0.481 e. The second kappa shape index (κ2) is 11.9. The van der Waals surface area contributed by atoms with Crippen LogP contribution in [0, 0.1) is 11.3 Å². The Labute approximate surface area is 241 Å². The maximum atomic E-state index is 14.0. The molecule has 0 saturated carbocycles. The van der Waals surface area contributed by atoms with Gasteiger partial charge in [-0.05, 0) is 42.5 Å². The van der Waals surface area contributed by atoms with Gasteiger partial charge in [0.25, 0.3) is 5.91 Å². The van der Waals surface area contributed by atoms with Crippen LogP contribution in [-0.2, 0) is 19.1 Å². The predicted octanol–water partition coefficient (Wildman–Crippen LogP) is 5.82. The van der Waals surface area contributed by atoms with E-state index >= 15 is 0 Å². The number of carboxylic acids is 1. The van der Waals surface area contributed by atoms with E-state index in [1.165, 1.54) is 34.1 Å². The third-order valence-electron chi connectivity index (χ3n) is 7.02. The number of nitrogens with zero attached hydrogens (tertiary/aromatic N) is 2. The molecule has 0 spiro atoms. The Morgan fingerprint density at radius 3 is 2.34 bits per heavy atom. The molecule has 41 heavy (non-hydrogen) atoms. The lowest BCUT2D eigenvalue weighted by Gasteiger charge is -2.33. The second-order valence-corrected chi connectivity index (χ2v) is 11.9. The zero-order valence-corrected chi connectivity index (χ0v) is 23.7. The molecule has 1 saturated heterocycles. The molecule has 0 aromatic heterocycles. The Morgan fingerprint density at radius 2 is 1.73 bits per heavy atom. The number of hydrogen-bond acceptors (Lipinski definition) is 5. The van der Waals surface area contributed by atoms with Crippen molar-refractivity contribution in [1.29, 1.82) is 0 Å². The lowest BCUT2D eigenvalue weighted by molar-refractivity contribution is -0.275. The number of fused-ring (bicyclic) bond motifs is 1. The summed E-state index contributed by atoms with van der Waals surface area (Å²) in [5, 5.41) is 9.57. The molecule has 222 valence electrons. The van der Waals surface area contributed by atoms with Gasteiger partial charge in [0, 0.05) is 41.5 Å². The minimum Gasteiger partial charge on any atom is -0.481 e. The number of amides is 2. The largest absolute Gasteiger partial charge is 0.573 e. The quantitative estimate of drug-likeness (QED) is 0.451. The van der Waals surface area contributed by atoms with Crippen LogP contribution in [0.15, 0.2) is 42.5 Å². The first-order valence-electron chi connectivity index (χ1n) is 13.2. The lowest BCUT2D eigenvalue weighted by atomic mass is 9.94. The number of halogens is 4. The molecular weight excluding hydrogens is 565 g/mol. The van der Waals surface area contributed by atoms with E-state index in [0.29, 0.717) is 11.3 Å². The van der Waals surface area contributed by atoms with Gasteiger partial charge in [-0.15, -0.1) is 13.2 Å². The van der Waals surface area contributed by atoms with Crippen molar-refractivity contribution >= 4 is 35.1 Å². The van der Waals surface area contributed by atoms with E-state index in [2.05, 4.69) is 4.74 Å². The minimum atomic E-state index is -4.98. The van der Waals surface area contributed by atoms with Crippen LogP contribution in [0.2, 0.25) is 5.02 Å². The van der Waals surface area contributed by atoms with E-state index in [4.69, 9.17) is 16.3 Å². The number of carbonyl (C=O) groups excluding carboxylic acids is 2. The Kier molecular flexibility index (Phi) is 8.89. The van der Waals surface area contributed by atoms with E-state index in [1.54, 1.807) is 12.1 Å². The number of anilines is 1. The SMILES string of the molecule is CC(C)(C)CN1C(=O)C(CC(=O)N2CCC(C(=O)O)CC2)OC(c2ccccc2OC(F)(F)F)c2cc(Cl)ccc21. The molecule has 8 nitrogen and oxygen atoms in total. The van der Waals surface area contributed by atoms with Crippen LogP contribution in [-0.4, -0.2) is 59.9 Å². The first-order valence-corrected chi connectivity index (χ1v) is 13.6. The Hall–Kier alpha value is -3.31. The summed E-state index contributed by atoms with van der Waals surface area (Å²) in [5.41, 5.74) is 0.374. The van der Waals surface area contributed by atoms with Crippen molar-refractivity contribution < 1.29 is 42.1 Å². The van der Waals surface area contributed by atoms with Crippen molar-refractivity contribution in [2.75, 3.05) is 24.5 Å². The number of likely N-dealkylation sites (tertiary alicyclic amines) is 1. The molecule has 2 heterocycles. The van der Waals surface area contributed by atoms with Crippen LogP contribution < -0.4 is 9.64 Å². The Bertz CT molecular complexity index is 1300. The van der Waals surface area contributed by atoms with Gasteiger partial charge in [0.1, 0.15) is 18.0 Å². The number of ether oxygens (including phenoxy) is 2. The van der Waals surface area contributed by atoms with Gasteiger partial charge < -0.3 is 24.4 Å². The normalized spacial score (nSPS) is 20.4. The molecule has 2 aromatic rings. The van der Waals surface area contributed by atoms with Gasteiger partial charge in [-0.1, -0.05) is 50.6 Å². The summed E-state index contributed by atoms with van der Waals surface area (Å²) in [6.07, 6.45) is -7.37. The van der Waals surface area contributed by atoms with E-state index in [9.17, 15) is 32.7 Å². The molecule has 0 radical (unpaired) electrons. The summed E-state index contributed by atoms with van der Waals surface area (Å²) >= 11 is 6.33. The number of benzene rings is 2. The number of carbonyl (C=O) groups is 3. The van der Waals surface area contributed by atoms with Crippen LogP contribution in [0.4, 0.5) is 18.9 Å². The van der Waals surface area contributed by atoms with Crippen LogP contribution in [0.25, 0.3) is 0 Å². The number of hydrogen-bond donors (Lipinski definition) is 1. The maximum Gasteiger partial charge on any atom is 0.573 e. The summed E-state index contributed by atoms with van der Waals surface area (Å²) in [6, 6.07) is 10.2. The highest BCUT2D eigenvalue weighted by atomic mass is 35.5. The molecule has 0 bridgehead atoms. The van der Waals surface area contributed by atoms with Gasteiger partial charge in [0.05, 0.1) is 12.3 Å². The third-order valence-corrected chi connectivity index (χ3v) is 7.26. The molecule has 2 amide bonds. The zero-order chi connectivity index (χ0) is 30.1. The van der Waals surface area contributed by atoms with Crippen molar-refractivity contribution in [3.05, 3.63) is 58.6 Å². The highest BCUT2D eigenvalue weighted by molar-refractivity contribution is 6.30. The average Bonchev–Trinajstić information content (AvgIpc) is 2.97. The molecule has 0 aliphatic carbocycles. The van der Waals surface area contributed by atoms with E-state index in [-0.39, 0.29) is 49.5 Å². The molecule has 12 heteroatoms. The van der Waals surface area contributed by atoms with Crippen molar-refractivity contribution in [2.45, 2.75) is 58.6 Å². The summed E-state index contributed by atoms with van der Waals surface area (Å²) in [7, 11) is 0. The van der Waals surface area contributed by atoms with Gasteiger partial charge in [-0.25, -0.2) is 0 Å². The number of carboxylic acid groups (broad SMARTS) is 1. The average molecular weight is 597 g/mol. The second-order valence-electron chi connectivity index (χ2n) is 11.5. The van der Waals surface area contributed by atoms with Gasteiger partial charge in [-0.3, -0.25) is 14.4 Å². The van der Waals surface area contributed by atoms with Crippen molar-refractivity contribution in [3.63, 3.8) is 0 Å². The molecule has 2 aliphatic heterocycles. The van der Waals surface area contributed by atoms with E-state index < -0.39 is 53.4 Å². The number of alkyl halides is 3. The topological polar surface area (TPSA) is 96.4 Å². The number of rotatable bonds is 6. The molecule has 4 rings (SSSR count). The fraction of sp³-hybridized carbons (Fsp3) is 0.483. The summed E-state index contributed by atoms with van der Waals surface area (Å²) in [5.74, 6) is -2.91. The summed E-state index contributed by atoms with van der Waals surface area (Å²) in [6.45, 7) is 6.44. The van der Waals surface area contributed by atoms with Crippen molar-refractivity contribution in [3.8, 4) is 5.75 Å². The van der Waals surface area contributed by atoms with Gasteiger partial charge in [0.15, 0.2) is 0 Å². The van der Waals surface area contributed by atoms with Crippen molar-refractivity contribution in [2.24, 2.45) is 11.3 Å². The molecular formula is C29H32ClF3N2O6. The number of para-hydroxylation sites is 1. The van der Waals surface area contributed by atoms with Gasteiger partial charge in [0.2, 0.25) is 5.91 Å². The molecule has 2 aromatic carbocycles. The summed E-state index contributed by atoms with van der Waals surface area (Å²) < 4.78 is 50.6. The molecule has 2 atom stereocenters. The highest BCUT2D eigenvalue weighted by Gasteiger charge is 2.42. The minimum absolute atomic E-state index is 0.0125. The molecule has 2 aliphatic rings. The van der Waals surface area contributed by atoms with Crippen LogP contribution in [0.1, 0.15) is 57.3 Å². The van der Waals surface area contributed by atoms with Crippen LogP contribution in [0.3, 0.4) is 0 Å². The summed E-state index contributed by atoms with van der Waals surface area (Å²) in [4.78, 5) is 41.7. The predicted molar refractivity (Wildman–Crippen MR) is 145 cm³/mol. The zero-order valence-electron chi connectivity index (χ0n) is 22.9. The standard InChI is InChI=1S/C29H32ClF3N2O6/c1-28(2,3)16-35-21-9-8-18(30)14-20(21)25(19-6-4-5-7-22(19)41-29(31,32)33)40-23(26(35)37)15-24(36)34-12-10-17(11-13-34)27(38)39/h4-9,14,17,23,25H,10-13,15-16H2,1-3H3,(H,38,39). The van der Waals surface area contributed by atoms with E-state index in [1.807, 2.05) is 20.8 Å². The third kappa shape index (κ3) is 7.51. The number of aliphatic carboxylic acids is 1. The Morgan fingerprint density at radius 1 is 1.07 bits per heavy atom. The van der Waals surface area contributed by atoms with Crippen molar-refractivity contribution in [1.82, 2.24) is 4.90 Å². The lowest BCUT2D eigenvalue weighted by Crippen LogP contribution is -2.47. The first kappa shape index (κ1) is 30.6. The van der Waals surface area contributed by atoms with Gasteiger partial charge >= 0.3 is 12.3 Å². The molecule has 1 fully saturated rings. The Balaban J connectivity index is 1.76. The monoisotopic (exact) mass is 596 g/mol. The van der Waals surface area contributed by atoms with Crippen LogP contribution in [0.5, 0.6) is 5.75 Å². The first-order chi connectivity index (χ1) is 19.1. The fourth-order valence-corrected chi connectivity index (χ4v) is 5.34. The number of piperidine rings is 1.